The van der Waals surface area contributed by atoms with Crippen LogP contribution in [-0.4, -0.2) is 33.5 Å². The number of hydrogen-bond acceptors (Lipinski definition) is 3. The van der Waals surface area contributed by atoms with Crippen LogP contribution in [0, 0.1) is 56.7 Å². The van der Waals surface area contributed by atoms with Crippen LogP contribution in [0.25, 0.3) is 0 Å². The molecule has 0 heterocycles. The third-order valence-corrected chi connectivity index (χ3v) is 13.4. The molecule has 4 heteroatoms. The summed E-state index contributed by atoms with van der Waals surface area (Å²) in [5, 5.41) is 32.4. The predicted molar refractivity (Wildman–Crippen MR) is 134 cm³/mol. The van der Waals surface area contributed by atoms with Gasteiger partial charge in [0, 0.05) is 0 Å². The molecular weight excluding hydrogens is 424 g/mol. The van der Waals surface area contributed by atoms with E-state index >= 15 is 0 Å². The lowest BCUT2D eigenvalue weighted by Gasteiger charge is -2.71. The first-order valence-corrected chi connectivity index (χ1v) is 14.0. The summed E-state index contributed by atoms with van der Waals surface area (Å²) in [6.45, 7) is 16.3. The molecule has 5 aliphatic carbocycles. The topological polar surface area (TPSA) is 77.8 Å². The number of carboxylic acids is 1. The van der Waals surface area contributed by atoms with Gasteiger partial charge in [0.15, 0.2) is 0 Å². The van der Waals surface area contributed by atoms with Crippen molar-refractivity contribution in [3.8, 4) is 0 Å². The van der Waals surface area contributed by atoms with Gasteiger partial charge in [0.25, 0.3) is 0 Å². The van der Waals surface area contributed by atoms with Gasteiger partial charge in [0.1, 0.15) is 0 Å². The number of carbonyl (C=O) groups is 1. The van der Waals surface area contributed by atoms with Gasteiger partial charge in [-0.2, -0.15) is 0 Å². The van der Waals surface area contributed by atoms with Crippen LogP contribution in [0.4, 0.5) is 0 Å². The van der Waals surface area contributed by atoms with Crippen LogP contribution < -0.4 is 0 Å². The largest absolute Gasteiger partial charge is 0.481 e. The number of hydrogen-bond donors (Lipinski definition) is 3. The van der Waals surface area contributed by atoms with Crippen LogP contribution in [0.1, 0.15) is 99.8 Å². The second-order valence-electron chi connectivity index (χ2n) is 14.6. The zero-order valence-electron chi connectivity index (χ0n) is 22.5. The average molecular weight is 473 g/mol. The second kappa shape index (κ2) is 7.34. The molecule has 0 radical (unpaired) electrons. The number of aliphatic hydroxyl groups is 2. The van der Waals surface area contributed by atoms with Gasteiger partial charge in [-0.3, -0.25) is 4.79 Å². The smallest absolute Gasteiger partial charge is 0.310 e. The van der Waals surface area contributed by atoms with Gasteiger partial charge in [-0.25, -0.2) is 0 Å². The monoisotopic (exact) mass is 472 g/mol. The third-order valence-electron chi connectivity index (χ3n) is 13.4. The van der Waals surface area contributed by atoms with Crippen LogP contribution in [0.3, 0.4) is 0 Å². The van der Waals surface area contributed by atoms with Crippen molar-refractivity contribution in [3.05, 3.63) is 11.6 Å². The number of rotatable bonds is 1. The Morgan fingerprint density at radius 1 is 0.941 bits per heavy atom. The number of allylic oxidation sites excluding steroid dienone is 2. The van der Waals surface area contributed by atoms with E-state index in [-0.39, 0.29) is 27.6 Å². The average Bonchev–Trinajstić information content (AvgIpc) is 2.75. The molecule has 4 fully saturated rings. The number of aliphatic carboxylic acids is 1. The highest BCUT2D eigenvalue weighted by Crippen LogP contribution is 2.75. The van der Waals surface area contributed by atoms with Crippen molar-refractivity contribution < 1.29 is 20.1 Å². The van der Waals surface area contributed by atoms with Crippen LogP contribution in [0.5, 0.6) is 0 Å². The number of carboxylic acid groups (broad SMARTS) is 1. The molecule has 0 aromatic rings. The van der Waals surface area contributed by atoms with Crippen LogP contribution in [0.15, 0.2) is 11.6 Å². The Bertz CT molecular complexity index is 907. The van der Waals surface area contributed by atoms with Gasteiger partial charge >= 0.3 is 5.97 Å². The molecule has 4 nitrogen and oxygen atoms in total. The molecule has 0 bridgehead atoms. The maximum atomic E-state index is 12.8. The first kappa shape index (κ1) is 24.8. The fourth-order valence-corrected chi connectivity index (χ4v) is 11.0. The summed E-state index contributed by atoms with van der Waals surface area (Å²) >= 11 is 0. The molecule has 4 saturated carbocycles. The normalized spacial score (nSPS) is 56.3. The van der Waals surface area contributed by atoms with Gasteiger partial charge in [0.2, 0.25) is 0 Å². The molecule has 34 heavy (non-hydrogen) atoms. The minimum absolute atomic E-state index is 0.00993. The van der Waals surface area contributed by atoms with E-state index in [0.29, 0.717) is 30.1 Å². The van der Waals surface area contributed by atoms with E-state index in [2.05, 4.69) is 54.5 Å². The molecule has 1 unspecified atom stereocenters. The first-order chi connectivity index (χ1) is 15.7. The van der Waals surface area contributed by atoms with Crippen LogP contribution in [0.2, 0.25) is 0 Å². The van der Waals surface area contributed by atoms with Gasteiger partial charge in [0.05, 0.1) is 17.6 Å². The van der Waals surface area contributed by atoms with E-state index in [1.807, 2.05) is 0 Å². The molecule has 0 spiro atoms. The SMILES string of the molecule is C[C@@H]1CC[C@@]2(C(=O)O)CC[C@]3(C)C(=CC[C@@H]4[C@@]5(C)C[C@@H](O)[C@@H](O)C(C)(C)[C@@H]5CC[C@]43C)C2[C@H]1C. The second-order valence-corrected chi connectivity index (χ2v) is 14.6. The van der Waals surface area contributed by atoms with Gasteiger partial charge in [-0.05, 0) is 103 Å². The van der Waals surface area contributed by atoms with Crippen LogP contribution in [-0.2, 0) is 4.79 Å². The number of aliphatic hydroxyl groups excluding tert-OH is 2. The molecule has 192 valence electrons. The summed E-state index contributed by atoms with van der Waals surface area (Å²) in [6, 6.07) is 0. The van der Waals surface area contributed by atoms with E-state index in [1.165, 1.54) is 5.57 Å². The zero-order valence-corrected chi connectivity index (χ0v) is 22.5. The molecule has 0 aromatic heterocycles. The maximum absolute atomic E-state index is 12.8. The Labute approximate surface area is 206 Å². The number of fused-ring (bicyclic) bond motifs is 7. The van der Waals surface area contributed by atoms with Crippen molar-refractivity contribution in [2.75, 3.05) is 0 Å². The van der Waals surface area contributed by atoms with Crippen molar-refractivity contribution in [2.24, 2.45) is 56.7 Å². The summed E-state index contributed by atoms with van der Waals surface area (Å²) < 4.78 is 0. The molecule has 3 N–H and O–H groups in total. The van der Waals surface area contributed by atoms with E-state index < -0.39 is 23.6 Å². The Balaban J connectivity index is 1.62. The molecule has 0 amide bonds. The minimum atomic E-state index is -0.679. The molecule has 0 saturated heterocycles. The fraction of sp³-hybridized carbons (Fsp3) is 0.900. The van der Waals surface area contributed by atoms with Gasteiger partial charge in [-0.15, -0.1) is 0 Å². The highest BCUT2D eigenvalue weighted by Gasteiger charge is 2.70. The van der Waals surface area contributed by atoms with Crippen molar-refractivity contribution in [2.45, 2.75) is 112 Å². The van der Waals surface area contributed by atoms with Crippen LogP contribution >= 0.6 is 0 Å². The van der Waals surface area contributed by atoms with Crippen molar-refractivity contribution >= 4 is 5.97 Å². The zero-order chi connectivity index (χ0) is 25.1. The molecule has 0 aromatic carbocycles. The van der Waals surface area contributed by atoms with Crippen molar-refractivity contribution in [1.82, 2.24) is 0 Å². The Morgan fingerprint density at radius 3 is 2.26 bits per heavy atom. The summed E-state index contributed by atoms with van der Waals surface area (Å²) in [5.74, 6) is 1.30. The van der Waals surface area contributed by atoms with Crippen molar-refractivity contribution in [3.63, 3.8) is 0 Å². The Kier molecular flexibility index (Phi) is 5.36. The fourth-order valence-electron chi connectivity index (χ4n) is 11.0. The Hall–Kier alpha value is -0.870. The third kappa shape index (κ3) is 2.76. The quantitative estimate of drug-likeness (QED) is 0.405. The summed E-state index contributed by atoms with van der Waals surface area (Å²) in [4.78, 5) is 12.8. The Morgan fingerprint density at radius 2 is 1.62 bits per heavy atom. The van der Waals surface area contributed by atoms with E-state index in [1.54, 1.807) is 0 Å². The first-order valence-electron chi connectivity index (χ1n) is 14.0. The lowest BCUT2D eigenvalue weighted by Crippen LogP contribution is -2.67. The standard InChI is InChI=1S/C30H48O4/c1-17-10-13-30(25(33)34)15-14-28(6)19(23(30)18(17)2)8-9-22-27(5)16-20(31)24(32)26(3,4)21(27)11-12-29(22,28)7/h8,17-18,20-24,31-32H,9-16H2,1-7H3,(H,33,34)/t17-,18+,20-,21+,22-,23?,24-,27+,28-,29-,30-/m1/s1. The molecule has 0 aliphatic heterocycles. The lowest BCUT2D eigenvalue weighted by atomic mass is 9.33. The lowest BCUT2D eigenvalue weighted by molar-refractivity contribution is -0.232. The van der Waals surface area contributed by atoms with Gasteiger partial charge in [-0.1, -0.05) is 60.1 Å². The van der Waals surface area contributed by atoms with Crippen molar-refractivity contribution in [1.29, 1.82) is 0 Å². The molecule has 5 rings (SSSR count). The van der Waals surface area contributed by atoms with E-state index in [4.69, 9.17) is 0 Å². The van der Waals surface area contributed by atoms with Gasteiger partial charge < -0.3 is 15.3 Å². The minimum Gasteiger partial charge on any atom is -0.481 e. The summed E-state index contributed by atoms with van der Waals surface area (Å²) in [7, 11) is 0. The highest BCUT2D eigenvalue weighted by atomic mass is 16.4. The molecule has 5 aliphatic rings. The highest BCUT2D eigenvalue weighted by molar-refractivity contribution is 5.76. The summed E-state index contributed by atoms with van der Waals surface area (Å²) in [6.07, 6.45) is 8.53. The molecular formula is C30H48O4. The predicted octanol–water partition coefficient (Wildman–Crippen LogP) is 6.06. The van der Waals surface area contributed by atoms with E-state index in [9.17, 15) is 20.1 Å². The summed E-state index contributed by atoms with van der Waals surface area (Å²) in [5.41, 5.74) is 0.574. The maximum Gasteiger partial charge on any atom is 0.310 e. The molecule has 11 atom stereocenters. The van der Waals surface area contributed by atoms with E-state index in [0.717, 1.165) is 44.9 Å².